The van der Waals surface area contributed by atoms with Gasteiger partial charge in [0.15, 0.2) is 0 Å². The Morgan fingerprint density at radius 1 is 0.810 bits per heavy atom. The van der Waals surface area contributed by atoms with Gasteiger partial charge in [-0.1, -0.05) is 77.6 Å². The number of hydrogen-bond donors (Lipinski definition) is 2. The molecular weight excluding hydrogens is 284 g/mol. The number of hydrogen-bond acceptors (Lipinski definition) is 3. The van der Waals surface area contributed by atoms with E-state index in [1.54, 1.807) is 0 Å². The SMILES string of the molecule is CCCCCCCCCCCCCCS(=O)CC(O)CO. The zero-order chi connectivity index (χ0) is 15.8. The summed E-state index contributed by atoms with van der Waals surface area (Å²) < 4.78 is 11.5. The summed E-state index contributed by atoms with van der Waals surface area (Å²) in [7, 11) is -0.975. The average molecular weight is 321 g/mol. The Bertz CT molecular complexity index is 234. The number of aliphatic hydroxyl groups is 2. The first kappa shape index (κ1) is 21.1. The van der Waals surface area contributed by atoms with E-state index in [1.807, 2.05) is 0 Å². The minimum absolute atomic E-state index is 0.217. The third kappa shape index (κ3) is 16.3. The van der Waals surface area contributed by atoms with Crippen LogP contribution in [0.25, 0.3) is 0 Å². The molecule has 0 fully saturated rings. The summed E-state index contributed by atoms with van der Waals surface area (Å²) in [6.07, 6.45) is 14.8. The van der Waals surface area contributed by atoms with Gasteiger partial charge in [0, 0.05) is 16.6 Å². The molecule has 0 saturated heterocycles. The Balaban J connectivity index is 3.13. The van der Waals surface area contributed by atoms with Crippen molar-refractivity contribution < 1.29 is 14.4 Å². The molecular formula is C17H36O3S. The maximum atomic E-state index is 11.5. The minimum atomic E-state index is -0.975. The maximum absolute atomic E-state index is 11.5. The minimum Gasteiger partial charge on any atom is -0.394 e. The monoisotopic (exact) mass is 320 g/mol. The third-order valence-corrected chi connectivity index (χ3v) is 5.32. The van der Waals surface area contributed by atoms with Crippen molar-refractivity contribution in [2.45, 2.75) is 90.1 Å². The van der Waals surface area contributed by atoms with Crippen LogP contribution < -0.4 is 0 Å². The van der Waals surface area contributed by atoms with E-state index in [0.29, 0.717) is 5.75 Å². The molecule has 0 rings (SSSR count). The van der Waals surface area contributed by atoms with Crippen LogP contribution in [0.3, 0.4) is 0 Å². The van der Waals surface area contributed by atoms with Gasteiger partial charge in [-0.2, -0.15) is 0 Å². The van der Waals surface area contributed by atoms with Gasteiger partial charge in [-0.25, -0.2) is 0 Å². The fraction of sp³-hybridized carbons (Fsp3) is 1.00. The van der Waals surface area contributed by atoms with E-state index in [-0.39, 0.29) is 12.4 Å². The lowest BCUT2D eigenvalue weighted by Crippen LogP contribution is -2.21. The molecule has 0 aromatic heterocycles. The van der Waals surface area contributed by atoms with E-state index in [1.165, 1.54) is 64.2 Å². The predicted octanol–water partition coefficient (Wildman–Crippen LogP) is 3.79. The number of aliphatic hydroxyl groups excluding tert-OH is 2. The van der Waals surface area contributed by atoms with Crippen LogP contribution in [0.15, 0.2) is 0 Å². The topological polar surface area (TPSA) is 57.5 Å². The molecule has 2 unspecified atom stereocenters. The molecule has 21 heavy (non-hydrogen) atoms. The second kappa shape index (κ2) is 16.4. The van der Waals surface area contributed by atoms with Crippen molar-refractivity contribution in [1.82, 2.24) is 0 Å². The first-order valence-corrected chi connectivity index (χ1v) is 10.3. The van der Waals surface area contributed by atoms with Crippen molar-refractivity contribution in [3.63, 3.8) is 0 Å². The summed E-state index contributed by atoms with van der Waals surface area (Å²) in [6, 6.07) is 0. The number of unbranched alkanes of at least 4 members (excludes halogenated alkanes) is 11. The lowest BCUT2D eigenvalue weighted by Gasteiger charge is -2.06. The molecule has 3 nitrogen and oxygen atoms in total. The fourth-order valence-electron chi connectivity index (χ4n) is 2.45. The molecule has 0 amide bonds. The highest BCUT2D eigenvalue weighted by molar-refractivity contribution is 7.85. The van der Waals surface area contributed by atoms with Crippen molar-refractivity contribution in [1.29, 1.82) is 0 Å². The molecule has 2 atom stereocenters. The van der Waals surface area contributed by atoms with Crippen LogP contribution in [-0.4, -0.2) is 38.6 Å². The van der Waals surface area contributed by atoms with Gasteiger partial charge in [0.1, 0.15) is 0 Å². The van der Waals surface area contributed by atoms with E-state index in [9.17, 15) is 9.32 Å². The maximum Gasteiger partial charge on any atom is 0.0885 e. The van der Waals surface area contributed by atoms with Crippen LogP contribution in [0.4, 0.5) is 0 Å². The highest BCUT2D eigenvalue weighted by atomic mass is 32.2. The molecule has 0 aliphatic heterocycles. The standard InChI is InChI=1S/C17H36O3S/c1-2-3-4-5-6-7-8-9-10-11-12-13-14-21(20)16-17(19)15-18/h17-19H,2-16H2,1H3. The Labute approximate surface area is 134 Å². The van der Waals surface area contributed by atoms with Crippen molar-refractivity contribution in [2.24, 2.45) is 0 Å². The van der Waals surface area contributed by atoms with E-state index in [2.05, 4.69) is 6.92 Å². The number of rotatable bonds is 16. The van der Waals surface area contributed by atoms with Gasteiger partial charge in [0.05, 0.1) is 18.5 Å². The first-order chi connectivity index (χ1) is 10.2. The van der Waals surface area contributed by atoms with Gasteiger partial charge in [-0.05, 0) is 6.42 Å². The van der Waals surface area contributed by atoms with E-state index in [0.717, 1.165) is 12.8 Å². The smallest absolute Gasteiger partial charge is 0.0885 e. The summed E-state index contributed by atoms with van der Waals surface area (Å²) in [5, 5.41) is 17.8. The van der Waals surface area contributed by atoms with Crippen molar-refractivity contribution in [3.05, 3.63) is 0 Å². The van der Waals surface area contributed by atoms with E-state index in [4.69, 9.17) is 5.11 Å². The zero-order valence-electron chi connectivity index (χ0n) is 13.9. The fourth-order valence-corrected chi connectivity index (χ4v) is 3.68. The summed E-state index contributed by atoms with van der Waals surface area (Å²) in [4.78, 5) is 0. The van der Waals surface area contributed by atoms with E-state index < -0.39 is 16.9 Å². The molecule has 0 spiro atoms. The van der Waals surface area contributed by atoms with Crippen molar-refractivity contribution >= 4 is 10.8 Å². The molecule has 0 aliphatic rings. The second-order valence-electron chi connectivity index (χ2n) is 6.04. The summed E-state index contributed by atoms with van der Waals surface area (Å²) >= 11 is 0. The van der Waals surface area contributed by atoms with Gasteiger partial charge in [-0.15, -0.1) is 0 Å². The quantitative estimate of drug-likeness (QED) is 0.425. The predicted molar refractivity (Wildman–Crippen MR) is 92.0 cm³/mol. The summed E-state index contributed by atoms with van der Waals surface area (Å²) in [5.41, 5.74) is 0. The normalized spacial score (nSPS) is 14.2. The largest absolute Gasteiger partial charge is 0.394 e. The lowest BCUT2D eigenvalue weighted by atomic mass is 10.1. The van der Waals surface area contributed by atoms with E-state index >= 15 is 0 Å². The Morgan fingerprint density at radius 3 is 1.67 bits per heavy atom. The van der Waals surface area contributed by atoms with Crippen LogP contribution in [0.2, 0.25) is 0 Å². The molecule has 2 N–H and O–H groups in total. The van der Waals surface area contributed by atoms with Crippen LogP contribution >= 0.6 is 0 Å². The van der Waals surface area contributed by atoms with Crippen molar-refractivity contribution in [2.75, 3.05) is 18.1 Å². The van der Waals surface area contributed by atoms with Crippen LogP contribution in [-0.2, 0) is 10.8 Å². The Morgan fingerprint density at radius 2 is 1.24 bits per heavy atom. The second-order valence-corrected chi connectivity index (χ2v) is 7.66. The average Bonchev–Trinajstić information content (AvgIpc) is 2.48. The highest BCUT2D eigenvalue weighted by Gasteiger charge is 2.07. The van der Waals surface area contributed by atoms with Crippen LogP contribution in [0.1, 0.15) is 84.0 Å². The zero-order valence-corrected chi connectivity index (χ0v) is 14.7. The van der Waals surface area contributed by atoms with Crippen LogP contribution in [0, 0.1) is 0 Å². The molecule has 0 bridgehead atoms. The molecule has 0 saturated carbocycles. The van der Waals surface area contributed by atoms with Gasteiger partial charge in [0.2, 0.25) is 0 Å². The first-order valence-electron chi connectivity index (χ1n) is 8.84. The molecule has 0 radical (unpaired) electrons. The van der Waals surface area contributed by atoms with Crippen LogP contribution in [0.5, 0.6) is 0 Å². The molecule has 0 heterocycles. The summed E-state index contributed by atoms with van der Waals surface area (Å²) in [5.74, 6) is 0.878. The van der Waals surface area contributed by atoms with Gasteiger partial charge >= 0.3 is 0 Å². The molecule has 0 aromatic carbocycles. The molecule has 0 aromatic rings. The third-order valence-electron chi connectivity index (χ3n) is 3.81. The Hall–Kier alpha value is 0.0700. The lowest BCUT2D eigenvalue weighted by molar-refractivity contribution is 0.113. The highest BCUT2D eigenvalue weighted by Crippen LogP contribution is 2.12. The Kier molecular flexibility index (Phi) is 16.5. The summed E-state index contributed by atoms with van der Waals surface area (Å²) in [6.45, 7) is 1.97. The molecule has 0 aliphatic carbocycles. The van der Waals surface area contributed by atoms with Crippen molar-refractivity contribution in [3.8, 4) is 0 Å². The molecule has 4 heteroatoms. The van der Waals surface area contributed by atoms with Gasteiger partial charge in [-0.3, -0.25) is 4.21 Å². The van der Waals surface area contributed by atoms with Gasteiger partial charge < -0.3 is 10.2 Å². The molecule has 128 valence electrons. The van der Waals surface area contributed by atoms with Gasteiger partial charge in [0.25, 0.3) is 0 Å².